The number of rotatable bonds is 11. The second-order valence-corrected chi connectivity index (χ2v) is 12.4. The highest BCUT2D eigenvalue weighted by molar-refractivity contribution is 9.10. The van der Waals surface area contributed by atoms with E-state index in [0.717, 1.165) is 19.0 Å². The number of anilines is 1. The largest absolute Gasteiger partial charge is 0.497 e. The Balaban J connectivity index is 1.68. The highest BCUT2D eigenvalue weighted by atomic mass is 79.9. The Morgan fingerprint density at radius 3 is 2.32 bits per heavy atom. The van der Waals surface area contributed by atoms with Crippen LogP contribution in [0.15, 0.2) is 81.2 Å². The SMILES string of the molecule is COc1ccc2nc(N(/N=C/c3ccc(Br)cc3)C(=O)c3ccc(S(=O)(=O)N(CCC#N)CCC#N)cc3)sc2c1. The van der Waals surface area contributed by atoms with Crippen molar-refractivity contribution in [2.45, 2.75) is 17.7 Å². The molecule has 0 saturated carbocycles. The second kappa shape index (κ2) is 13.5. The molecular weight excluding hydrogens is 628 g/mol. The number of thiazole rings is 1. The molecular formula is C28H23BrN6O4S2. The minimum Gasteiger partial charge on any atom is -0.497 e. The number of carbonyl (C=O) groups excluding carboxylic acids is 1. The van der Waals surface area contributed by atoms with E-state index in [0.29, 0.717) is 16.4 Å². The quantitative estimate of drug-likeness (QED) is 0.153. The molecule has 13 heteroatoms. The third-order valence-electron chi connectivity index (χ3n) is 5.84. The van der Waals surface area contributed by atoms with Crippen LogP contribution in [0.4, 0.5) is 5.13 Å². The number of hydrogen-bond donors (Lipinski definition) is 0. The number of carbonyl (C=O) groups is 1. The van der Waals surface area contributed by atoms with E-state index in [2.05, 4.69) is 26.0 Å². The van der Waals surface area contributed by atoms with Crippen molar-refractivity contribution in [3.63, 3.8) is 0 Å². The first-order valence-corrected chi connectivity index (χ1v) is 15.2. The van der Waals surface area contributed by atoms with Gasteiger partial charge in [-0.2, -0.15) is 24.9 Å². The number of nitrogens with zero attached hydrogens (tertiary/aromatic N) is 6. The van der Waals surface area contributed by atoms with Gasteiger partial charge in [0.05, 0.1) is 40.6 Å². The molecule has 3 aromatic carbocycles. The second-order valence-electron chi connectivity index (χ2n) is 8.49. The molecule has 1 amide bonds. The Kier molecular flexibility index (Phi) is 9.81. The summed E-state index contributed by atoms with van der Waals surface area (Å²) in [5, 5.41) is 23.8. The number of amides is 1. The number of hydrazone groups is 1. The highest BCUT2D eigenvalue weighted by Crippen LogP contribution is 2.32. The summed E-state index contributed by atoms with van der Waals surface area (Å²) in [5.41, 5.74) is 1.61. The Hall–Kier alpha value is -4.14. The molecule has 41 heavy (non-hydrogen) atoms. The van der Waals surface area contributed by atoms with Crippen LogP contribution in [0, 0.1) is 22.7 Å². The Morgan fingerprint density at radius 2 is 1.71 bits per heavy atom. The lowest BCUT2D eigenvalue weighted by Crippen LogP contribution is -2.33. The summed E-state index contributed by atoms with van der Waals surface area (Å²) in [5.74, 6) is 0.137. The molecule has 208 valence electrons. The maximum Gasteiger partial charge on any atom is 0.280 e. The van der Waals surface area contributed by atoms with Gasteiger partial charge in [0, 0.05) is 36.0 Å². The Bertz CT molecular complexity index is 1740. The Labute approximate surface area is 249 Å². The van der Waals surface area contributed by atoms with Crippen molar-refractivity contribution in [3.05, 3.63) is 82.3 Å². The van der Waals surface area contributed by atoms with Crippen molar-refractivity contribution in [2.24, 2.45) is 5.10 Å². The first-order chi connectivity index (χ1) is 19.8. The number of fused-ring (bicyclic) bond motifs is 1. The normalized spacial score (nSPS) is 11.4. The van der Waals surface area contributed by atoms with Crippen molar-refractivity contribution in [3.8, 4) is 17.9 Å². The van der Waals surface area contributed by atoms with E-state index >= 15 is 0 Å². The van der Waals surface area contributed by atoms with Gasteiger partial charge in [-0.3, -0.25) is 4.79 Å². The van der Waals surface area contributed by atoms with Crippen molar-refractivity contribution in [1.29, 1.82) is 10.5 Å². The maximum absolute atomic E-state index is 13.7. The van der Waals surface area contributed by atoms with Crippen molar-refractivity contribution < 1.29 is 17.9 Å². The summed E-state index contributed by atoms with van der Waals surface area (Å²) in [6, 6.07) is 22.1. The summed E-state index contributed by atoms with van der Waals surface area (Å²) >= 11 is 4.66. The van der Waals surface area contributed by atoms with Crippen LogP contribution in [-0.4, -0.2) is 50.0 Å². The predicted octanol–water partition coefficient (Wildman–Crippen LogP) is 5.57. The van der Waals surface area contributed by atoms with Crippen molar-refractivity contribution >= 4 is 64.8 Å². The van der Waals surface area contributed by atoms with Crippen LogP contribution >= 0.6 is 27.3 Å². The molecule has 0 radical (unpaired) electrons. The molecule has 0 atom stereocenters. The van der Waals surface area contributed by atoms with E-state index in [1.54, 1.807) is 19.2 Å². The average Bonchev–Trinajstić information content (AvgIpc) is 3.41. The molecule has 4 aromatic rings. The number of halogens is 1. The molecule has 0 aliphatic heterocycles. The predicted molar refractivity (Wildman–Crippen MR) is 160 cm³/mol. The van der Waals surface area contributed by atoms with Crippen LogP contribution in [0.5, 0.6) is 5.75 Å². The highest BCUT2D eigenvalue weighted by Gasteiger charge is 2.26. The molecule has 0 fully saturated rings. The number of ether oxygens (including phenoxy) is 1. The van der Waals surface area contributed by atoms with Crippen molar-refractivity contribution in [1.82, 2.24) is 9.29 Å². The first kappa shape index (κ1) is 29.8. The van der Waals surface area contributed by atoms with E-state index in [1.807, 2.05) is 42.5 Å². The van der Waals surface area contributed by atoms with Crippen LogP contribution in [0.1, 0.15) is 28.8 Å². The molecule has 0 aliphatic carbocycles. The van der Waals surface area contributed by atoms with Gasteiger partial charge in [0.15, 0.2) is 0 Å². The van der Waals surface area contributed by atoms with Gasteiger partial charge in [-0.1, -0.05) is 39.4 Å². The lowest BCUT2D eigenvalue weighted by atomic mass is 10.2. The number of benzene rings is 3. The van der Waals surface area contributed by atoms with E-state index in [9.17, 15) is 13.2 Å². The standard InChI is InChI=1S/C28H23BrN6O4S2/c1-39-23-10-13-25-26(18-23)40-28(33-25)35(32-19-20-4-8-22(29)9-5-20)27(36)21-6-11-24(12-7-21)41(37,38)34(16-2-14-30)17-3-15-31/h4-13,18-19H,2-3,16-17H2,1H3/b32-19+. The molecule has 0 spiro atoms. The molecule has 0 aliphatic rings. The smallest absolute Gasteiger partial charge is 0.280 e. The van der Waals surface area contributed by atoms with Gasteiger partial charge in [0.1, 0.15) is 5.75 Å². The monoisotopic (exact) mass is 650 g/mol. The summed E-state index contributed by atoms with van der Waals surface area (Å²) in [7, 11) is -2.42. The summed E-state index contributed by atoms with van der Waals surface area (Å²) in [6.45, 7) is -0.0791. The molecule has 10 nitrogen and oxygen atoms in total. The summed E-state index contributed by atoms with van der Waals surface area (Å²) < 4.78 is 34.5. The van der Waals surface area contributed by atoms with Crippen molar-refractivity contribution in [2.75, 3.05) is 25.2 Å². The fourth-order valence-electron chi connectivity index (χ4n) is 3.71. The van der Waals surface area contributed by atoms with Gasteiger partial charge < -0.3 is 4.74 Å². The van der Waals surface area contributed by atoms with Crippen LogP contribution in [0.2, 0.25) is 0 Å². The van der Waals surface area contributed by atoms with E-state index in [4.69, 9.17) is 15.3 Å². The van der Waals surface area contributed by atoms with Crippen LogP contribution in [-0.2, 0) is 10.0 Å². The fraction of sp³-hybridized carbons (Fsp3) is 0.179. The van der Waals surface area contributed by atoms with Gasteiger partial charge in [-0.25, -0.2) is 13.4 Å². The van der Waals surface area contributed by atoms with Gasteiger partial charge in [-0.15, -0.1) is 0 Å². The van der Waals surface area contributed by atoms with Crippen LogP contribution in [0.25, 0.3) is 10.2 Å². The first-order valence-electron chi connectivity index (χ1n) is 12.2. The number of aromatic nitrogens is 1. The van der Waals surface area contributed by atoms with Crippen LogP contribution < -0.4 is 9.75 Å². The molecule has 0 N–H and O–H groups in total. The van der Waals surface area contributed by atoms with Gasteiger partial charge >= 0.3 is 0 Å². The third kappa shape index (κ3) is 7.14. The number of sulfonamides is 1. The maximum atomic E-state index is 13.7. The minimum absolute atomic E-state index is 0.0133. The Morgan fingerprint density at radius 1 is 1.05 bits per heavy atom. The van der Waals surface area contributed by atoms with Gasteiger partial charge in [0.25, 0.3) is 5.91 Å². The summed E-state index contributed by atoms with van der Waals surface area (Å²) in [6.07, 6.45) is 1.51. The molecule has 0 unspecified atom stereocenters. The number of hydrogen-bond acceptors (Lipinski definition) is 9. The fourth-order valence-corrected chi connectivity index (χ4v) is 6.37. The molecule has 4 rings (SSSR count). The zero-order valence-electron chi connectivity index (χ0n) is 21.8. The topological polar surface area (TPSA) is 140 Å². The molecule has 1 heterocycles. The van der Waals surface area contributed by atoms with Crippen LogP contribution in [0.3, 0.4) is 0 Å². The summed E-state index contributed by atoms with van der Waals surface area (Å²) in [4.78, 5) is 18.2. The number of nitriles is 2. The van der Waals surface area contributed by atoms with Gasteiger partial charge in [0.2, 0.25) is 15.2 Å². The lowest BCUT2D eigenvalue weighted by Gasteiger charge is -2.20. The van der Waals surface area contributed by atoms with E-state index in [1.165, 1.54) is 46.8 Å². The molecule has 0 bridgehead atoms. The molecule has 1 aromatic heterocycles. The van der Waals surface area contributed by atoms with E-state index < -0.39 is 15.9 Å². The zero-order valence-corrected chi connectivity index (χ0v) is 25.0. The minimum atomic E-state index is -3.98. The zero-order chi connectivity index (χ0) is 29.4. The average molecular weight is 652 g/mol. The third-order valence-corrected chi connectivity index (χ3v) is 9.27. The lowest BCUT2D eigenvalue weighted by molar-refractivity contribution is 0.0987. The molecule has 0 saturated heterocycles. The van der Waals surface area contributed by atoms with E-state index in [-0.39, 0.29) is 36.4 Å². The number of methoxy groups -OCH3 is 1. The van der Waals surface area contributed by atoms with Gasteiger partial charge in [-0.05, 0) is 60.2 Å².